The molecular weight excluding hydrogens is 701 g/mol. The van der Waals surface area contributed by atoms with Gasteiger partial charge in [0.2, 0.25) is 5.95 Å². The van der Waals surface area contributed by atoms with Gasteiger partial charge in [-0.05, 0) is 70.8 Å². The summed E-state index contributed by atoms with van der Waals surface area (Å²) in [6, 6.07) is 62.6. The molecule has 4 heterocycles. The van der Waals surface area contributed by atoms with E-state index in [1.54, 1.807) is 0 Å². The van der Waals surface area contributed by atoms with Gasteiger partial charge < -0.3 is 8.83 Å². The Balaban J connectivity index is 1.03. The molecule has 12 rings (SSSR count). The summed E-state index contributed by atoms with van der Waals surface area (Å²) in [6.45, 7) is 0. The fourth-order valence-corrected chi connectivity index (χ4v) is 8.46. The lowest BCUT2D eigenvalue weighted by Crippen LogP contribution is -2.06. The standard InChI is InChI=1S/C51H30N4O2/c1-3-13-31(14-4-1)36-21-12-24-44-46(36)40-26-25-34(30-45(40)56-44)33-17-11-18-35(29-33)50-52-49(32-15-5-2-6-16-32)53-51(54-50)55-41-22-9-7-20-39(41)47-42(55)28-27-38-37-19-8-10-23-43(37)57-48(38)47/h1-30H. The normalized spacial score (nSPS) is 11.9. The molecule has 6 nitrogen and oxygen atoms in total. The Morgan fingerprint density at radius 3 is 1.86 bits per heavy atom. The minimum Gasteiger partial charge on any atom is -0.456 e. The van der Waals surface area contributed by atoms with Crippen molar-refractivity contribution in [1.29, 1.82) is 0 Å². The summed E-state index contributed by atoms with van der Waals surface area (Å²) in [5, 5.41) is 6.48. The first kappa shape index (κ1) is 31.5. The fourth-order valence-electron chi connectivity index (χ4n) is 8.46. The van der Waals surface area contributed by atoms with E-state index in [1.165, 1.54) is 0 Å². The van der Waals surface area contributed by atoms with Crippen LogP contribution in [0.25, 0.3) is 117 Å². The van der Waals surface area contributed by atoms with E-state index in [4.69, 9.17) is 23.8 Å². The second-order valence-corrected chi connectivity index (χ2v) is 14.4. The van der Waals surface area contributed by atoms with Crippen LogP contribution in [0.15, 0.2) is 191 Å². The van der Waals surface area contributed by atoms with Gasteiger partial charge in [-0.1, -0.05) is 133 Å². The zero-order valence-corrected chi connectivity index (χ0v) is 30.4. The number of benzene rings is 8. The number of hydrogen-bond acceptors (Lipinski definition) is 5. The fraction of sp³-hybridized carbons (Fsp3) is 0. The number of hydrogen-bond donors (Lipinski definition) is 0. The van der Waals surface area contributed by atoms with Gasteiger partial charge in [-0.25, -0.2) is 4.98 Å². The molecule has 0 saturated carbocycles. The summed E-state index contributed by atoms with van der Waals surface area (Å²) in [4.78, 5) is 15.5. The second kappa shape index (κ2) is 12.3. The summed E-state index contributed by atoms with van der Waals surface area (Å²) in [5.74, 6) is 1.70. The molecule has 6 heteroatoms. The molecule has 0 aliphatic rings. The lowest BCUT2D eigenvalue weighted by molar-refractivity contribution is 0.669. The van der Waals surface area contributed by atoms with Crippen molar-refractivity contribution in [2.24, 2.45) is 0 Å². The van der Waals surface area contributed by atoms with E-state index in [0.29, 0.717) is 17.6 Å². The molecule has 266 valence electrons. The van der Waals surface area contributed by atoms with Crippen molar-refractivity contribution < 1.29 is 8.83 Å². The van der Waals surface area contributed by atoms with E-state index in [9.17, 15) is 0 Å². The van der Waals surface area contributed by atoms with Gasteiger partial charge in [-0.3, -0.25) is 4.57 Å². The van der Waals surface area contributed by atoms with Gasteiger partial charge in [0.1, 0.15) is 22.3 Å². The van der Waals surface area contributed by atoms with Crippen molar-refractivity contribution in [3.8, 4) is 51.0 Å². The second-order valence-electron chi connectivity index (χ2n) is 14.4. The highest BCUT2D eigenvalue weighted by Crippen LogP contribution is 2.41. The van der Waals surface area contributed by atoms with Crippen LogP contribution in [0.4, 0.5) is 0 Å². The Morgan fingerprint density at radius 2 is 1.00 bits per heavy atom. The molecule has 57 heavy (non-hydrogen) atoms. The maximum atomic E-state index is 6.56. The molecule has 0 spiro atoms. The van der Waals surface area contributed by atoms with Gasteiger partial charge in [0.15, 0.2) is 11.6 Å². The van der Waals surface area contributed by atoms with Crippen LogP contribution >= 0.6 is 0 Å². The Morgan fingerprint density at radius 1 is 0.351 bits per heavy atom. The van der Waals surface area contributed by atoms with E-state index in [1.807, 2.05) is 54.6 Å². The molecule has 0 amide bonds. The van der Waals surface area contributed by atoms with Crippen molar-refractivity contribution in [3.63, 3.8) is 0 Å². The summed E-state index contributed by atoms with van der Waals surface area (Å²) in [5.41, 5.74) is 11.6. The van der Waals surface area contributed by atoms with Crippen LogP contribution in [0.2, 0.25) is 0 Å². The maximum Gasteiger partial charge on any atom is 0.238 e. The molecular formula is C51H30N4O2. The highest BCUT2D eigenvalue weighted by Gasteiger charge is 2.22. The molecule has 12 aromatic rings. The predicted octanol–water partition coefficient (Wildman–Crippen LogP) is 13.4. The molecule has 0 aliphatic heterocycles. The molecule has 0 radical (unpaired) electrons. The van der Waals surface area contributed by atoms with E-state index in [0.717, 1.165) is 99.1 Å². The molecule has 8 aromatic carbocycles. The number of para-hydroxylation sites is 2. The Kier molecular flexibility index (Phi) is 6.83. The van der Waals surface area contributed by atoms with Crippen LogP contribution < -0.4 is 0 Å². The highest BCUT2D eigenvalue weighted by molar-refractivity contribution is 6.23. The van der Waals surface area contributed by atoms with Gasteiger partial charge in [-0.15, -0.1) is 0 Å². The van der Waals surface area contributed by atoms with Crippen molar-refractivity contribution >= 4 is 65.7 Å². The number of aromatic nitrogens is 4. The number of nitrogens with zero attached hydrogens (tertiary/aromatic N) is 4. The zero-order valence-electron chi connectivity index (χ0n) is 30.4. The molecule has 4 aromatic heterocycles. The molecule has 0 atom stereocenters. The van der Waals surface area contributed by atoms with Crippen molar-refractivity contribution in [2.75, 3.05) is 0 Å². The first-order valence-corrected chi connectivity index (χ1v) is 19.0. The smallest absolute Gasteiger partial charge is 0.238 e. The quantitative estimate of drug-likeness (QED) is 0.176. The van der Waals surface area contributed by atoms with Crippen LogP contribution in [0, 0.1) is 0 Å². The Hall–Kier alpha value is -7.83. The summed E-state index contributed by atoms with van der Waals surface area (Å²) < 4.78 is 15.2. The van der Waals surface area contributed by atoms with Crippen molar-refractivity contribution in [2.45, 2.75) is 0 Å². The Labute approximate surface area is 325 Å². The van der Waals surface area contributed by atoms with E-state index in [2.05, 4.69) is 132 Å². The van der Waals surface area contributed by atoms with Crippen molar-refractivity contribution in [1.82, 2.24) is 19.5 Å². The van der Waals surface area contributed by atoms with Gasteiger partial charge in [0, 0.05) is 38.1 Å². The summed E-state index contributed by atoms with van der Waals surface area (Å²) in [7, 11) is 0. The maximum absolute atomic E-state index is 6.56. The summed E-state index contributed by atoms with van der Waals surface area (Å²) >= 11 is 0. The number of furan rings is 2. The average Bonchev–Trinajstić information content (AvgIpc) is 3.96. The largest absolute Gasteiger partial charge is 0.456 e. The third kappa shape index (κ3) is 4.94. The third-order valence-electron chi connectivity index (χ3n) is 11.1. The van der Waals surface area contributed by atoms with Crippen LogP contribution in [-0.4, -0.2) is 19.5 Å². The van der Waals surface area contributed by atoms with Crippen molar-refractivity contribution in [3.05, 3.63) is 182 Å². The zero-order chi connectivity index (χ0) is 37.5. The first-order valence-electron chi connectivity index (χ1n) is 19.0. The van der Waals surface area contributed by atoms with Gasteiger partial charge in [0.05, 0.1) is 16.4 Å². The first-order chi connectivity index (χ1) is 28.2. The Bertz CT molecular complexity index is 3530. The monoisotopic (exact) mass is 730 g/mol. The van der Waals surface area contributed by atoms with Gasteiger partial charge in [0.25, 0.3) is 0 Å². The lowest BCUT2D eigenvalue weighted by Gasteiger charge is -2.11. The van der Waals surface area contributed by atoms with Crippen LogP contribution in [0.5, 0.6) is 0 Å². The minimum absolute atomic E-state index is 0.531. The van der Waals surface area contributed by atoms with E-state index < -0.39 is 0 Å². The molecule has 0 bridgehead atoms. The predicted molar refractivity (Wildman–Crippen MR) is 230 cm³/mol. The van der Waals surface area contributed by atoms with E-state index >= 15 is 0 Å². The highest BCUT2D eigenvalue weighted by atomic mass is 16.3. The molecule has 0 N–H and O–H groups in total. The lowest BCUT2D eigenvalue weighted by atomic mass is 9.97. The van der Waals surface area contributed by atoms with Crippen LogP contribution in [0.3, 0.4) is 0 Å². The SMILES string of the molecule is c1ccc(-c2nc(-c3cccc(-c4ccc5c(c4)oc4cccc(-c6ccccc6)c45)c3)nc(-n3c4ccccc4c4c5oc6ccccc6c5ccc43)n2)cc1. The molecule has 0 saturated heterocycles. The van der Waals surface area contributed by atoms with Gasteiger partial charge in [-0.2, -0.15) is 9.97 Å². The minimum atomic E-state index is 0.531. The summed E-state index contributed by atoms with van der Waals surface area (Å²) in [6.07, 6.45) is 0. The average molecular weight is 731 g/mol. The molecule has 0 fully saturated rings. The van der Waals surface area contributed by atoms with Gasteiger partial charge >= 0.3 is 0 Å². The number of rotatable bonds is 5. The van der Waals surface area contributed by atoms with E-state index in [-0.39, 0.29) is 0 Å². The van der Waals surface area contributed by atoms with Crippen LogP contribution in [-0.2, 0) is 0 Å². The topological polar surface area (TPSA) is 69.9 Å². The number of fused-ring (bicyclic) bond motifs is 10. The van der Waals surface area contributed by atoms with Crippen LogP contribution in [0.1, 0.15) is 0 Å². The molecule has 0 aliphatic carbocycles. The molecule has 0 unspecified atom stereocenters. The third-order valence-corrected chi connectivity index (χ3v) is 11.1.